The molecule has 1 amide bonds. The standard InChI is InChI=1S/C18H27FN6O3S/c1-18(2,23-10-17(26)25-11-13(19)7-14(25)8-20)12-22-16-6-5-15(9-21-16)29(27,28)24(3)4/h5-6,9,13-14,23H,7,10-12H2,1-4H3,(H,21,22). The van der Waals surface area contributed by atoms with E-state index in [1.165, 1.54) is 31.3 Å². The van der Waals surface area contributed by atoms with Crippen LogP contribution in [0.15, 0.2) is 23.2 Å². The Bertz CT molecular complexity index is 867. The molecule has 0 radical (unpaired) electrons. The summed E-state index contributed by atoms with van der Waals surface area (Å²) in [7, 11) is -0.635. The van der Waals surface area contributed by atoms with Crippen LogP contribution in [-0.2, 0) is 14.8 Å². The van der Waals surface area contributed by atoms with E-state index in [9.17, 15) is 17.6 Å². The Balaban J connectivity index is 1.88. The van der Waals surface area contributed by atoms with Gasteiger partial charge in [-0.2, -0.15) is 5.26 Å². The number of carbonyl (C=O) groups is 1. The highest BCUT2D eigenvalue weighted by Gasteiger charge is 2.35. The predicted octanol–water partition coefficient (Wildman–Crippen LogP) is 0.575. The molecule has 0 aromatic carbocycles. The molecule has 2 heterocycles. The van der Waals surface area contributed by atoms with Gasteiger partial charge in [0.1, 0.15) is 22.9 Å². The Labute approximate surface area is 170 Å². The number of amides is 1. The van der Waals surface area contributed by atoms with Crippen LogP contribution in [0.1, 0.15) is 20.3 Å². The zero-order valence-corrected chi connectivity index (χ0v) is 17.8. The average molecular weight is 427 g/mol. The molecule has 2 rings (SSSR count). The first-order valence-electron chi connectivity index (χ1n) is 9.17. The van der Waals surface area contributed by atoms with E-state index in [0.717, 1.165) is 4.31 Å². The first kappa shape index (κ1) is 23.0. The van der Waals surface area contributed by atoms with Gasteiger partial charge < -0.3 is 15.5 Å². The second-order valence-corrected chi connectivity index (χ2v) is 9.93. The van der Waals surface area contributed by atoms with E-state index >= 15 is 0 Å². The van der Waals surface area contributed by atoms with Crippen LogP contribution in [0.25, 0.3) is 0 Å². The quantitative estimate of drug-likeness (QED) is 0.624. The Morgan fingerprint density at radius 3 is 2.69 bits per heavy atom. The summed E-state index contributed by atoms with van der Waals surface area (Å²) in [5.41, 5.74) is -0.511. The van der Waals surface area contributed by atoms with Crippen LogP contribution in [0.2, 0.25) is 0 Å². The molecule has 2 N–H and O–H groups in total. The second kappa shape index (κ2) is 9.02. The van der Waals surface area contributed by atoms with Crippen molar-refractivity contribution in [2.75, 3.05) is 39.0 Å². The predicted molar refractivity (Wildman–Crippen MR) is 106 cm³/mol. The molecule has 0 aliphatic carbocycles. The molecule has 1 aromatic rings. The van der Waals surface area contributed by atoms with Crippen LogP contribution in [-0.4, -0.2) is 80.0 Å². The van der Waals surface area contributed by atoms with Crippen molar-refractivity contribution in [1.82, 2.24) is 19.5 Å². The Morgan fingerprint density at radius 1 is 1.45 bits per heavy atom. The first-order chi connectivity index (χ1) is 13.5. The van der Waals surface area contributed by atoms with Gasteiger partial charge in [-0.3, -0.25) is 4.79 Å². The topological polar surface area (TPSA) is 118 Å². The number of sulfonamides is 1. The number of anilines is 1. The minimum atomic E-state index is -3.54. The Kier molecular flexibility index (Phi) is 7.15. The fourth-order valence-corrected chi connectivity index (χ4v) is 3.67. The fraction of sp³-hybridized carbons (Fsp3) is 0.611. The van der Waals surface area contributed by atoms with Crippen molar-refractivity contribution in [3.05, 3.63) is 18.3 Å². The van der Waals surface area contributed by atoms with E-state index in [0.29, 0.717) is 12.4 Å². The summed E-state index contributed by atoms with van der Waals surface area (Å²) in [6.45, 7) is 4.08. The molecule has 0 saturated carbocycles. The molecule has 9 nitrogen and oxygen atoms in total. The molecule has 1 fully saturated rings. The van der Waals surface area contributed by atoms with E-state index < -0.39 is 27.8 Å². The molecule has 29 heavy (non-hydrogen) atoms. The zero-order chi connectivity index (χ0) is 21.8. The lowest BCUT2D eigenvalue weighted by Crippen LogP contribution is -2.50. The van der Waals surface area contributed by atoms with Gasteiger partial charge in [0.25, 0.3) is 0 Å². The summed E-state index contributed by atoms with van der Waals surface area (Å²) in [5, 5.41) is 15.2. The molecule has 160 valence electrons. The number of aromatic nitrogens is 1. The van der Waals surface area contributed by atoms with Crippen molar-refractivity contribution in [2.45, 2.75) is 42.9 Å². The summed E-state index contributed by atoms with van der Waals surface area (Å²) in [6.07, 6.45) is 0.173. The van der Waals surface area contributed by atoms with Crippen LogP contribution in [0.5, 0.6) is 0 Å². The fourth-order valence-electron chi connectivity index (χ4n) is 2.82. The Hall–Kier alpha value is -2.29. The SMILES string of the molecule is CN(C)S(=O)(=O)c1ccc(NCC(C)(C)NCC(=O)N2CC(F)CC2C#N)nc1. The summed E-state index contributed by atoms with van der Waals surface area (Å²) < 4.78 is 38.7. The largest absolute Gasteiger partial charge is 0.368 e. The maximum Gasteiger partial charge on any atom is 0.244 e. The number of likely N-dealkylation sites (tertiary alicyclic amines) is 1. The molecule has 1 saturated heterocycles. The maximum absolute atomic E-state index is 13.5. The number of carbonyl (C=O) groups excluding carboxylic acids is 1. The van der Waals surface area contributed by atoms with E-state index in [4.69, 9.17) is 5.26 Å². The molecule has 1 aromatic heterocycles. The van der Waals surface area contributed by atoms with Gasteiger partial charge >= 0.3 is 0 Å². The van der Waals surface area contributed by atoms with Gasteiger partial charge in [-0.05, 0) is 26.0 Å². The van der Waals surface area contributed by atoms with Crippen molar-refractivity contribution in [3.63, 3.8) is 0 Å². The monoisotopic (exact) mass is 426 g/mol. The van der Waals surface area contributed by atoms with Gasteiger partial charge in [0.15, 0.2) is 0 Å². The van der Waals surface area contributed by atoms with Crippen LogP contribution >= 0.6 is 0 Å². The molecule has 11 heteroatoms. The van der Waals surface area contributed by atoms with Crippen molar-refractivity contribution in [1.29, 1.82) is 5.26 Å². The zero-order valence-electron chi connectivity index (χ0n) is 17.0. The summed E-state index contributed by atoms with van der Waals surface area (Å²) in [6, 6.07) is 4.28. The maximum atomic E-state index is 13.5. The summed E-state index contributed by atoms with van der Waals surface area (Å²) in [4.78, 5) is 17.8. The lowest BCUT2D eigenvalue weighted by Gasteiger charge is -2.28. The van der Waals surface area contributed by atoms with Crippen LogP contribution in [0.3, 0.4) is 0 Å². The number of nitriles is 1. The molecular formula is C18H27FN6O3S. The number of hydrogen-bond donors (Lipinski definition) is 2. The number of rotatable bonds is 8. The number of nitrogens with one attached hydrogen (secondary N) is 2. The third-order valence-corrected chi connectivity index (χ3v) is 6.46. The summed E-state index contributed by atoms with van der Waals surface area (Å²) >= 11 is 0. The van der Waals surface area contributed by atoms with Gasteiger partial charge in [-0.15, -0.1) is 0 Å². The van der Waals surface area contributed by atoms with Crippen LogP contribution < -0.4 is 10.6 Å². The van der Waals surface area contributed by atoms with Crippen LogP contribution in [0.4, 0.5) is 10.2 Å². The first-order valence-corrected chi connectivity index (χ1v) is 10.6. The third kappa shape index (κ3) is 5.85. The highest BCUT2D eigenvalue weighted by atomic mass is 32.2. The van der Waals surface area contributed by atoms with E-state index in [2.05, 4.69) is 15.6 Å². The average Bonchev–Trinajstić information content (AvgIpc) is 3.06. The number of pyridine rings is 1. The number of nitrogens with zero attached hydrogens (tertiary/aromatic N) is 4. The van der Waals surface area contributed by atoms with Gasteiger partial charge in [0.05, 0.1) is 19.2 Å². The normalized spacial score (nSPS) is 20.0. The van der Waals surface area contributed by atoms with Crippen LogP contribution in [0, 0.1) is 11.3 Å². The highest BCUT2D eigenvalue weighted by molar-refractivity contribution is 7.89. The van der Waals surface area contributed by atoms with Crippen molar-refractivity contribution >= 4 is 21.7 Å². The molecule has 0 spiro atoms. The lowest BCUT2D eigenvalue weighted by molar-refractivity contribution is -0.130. The number of alkyl halides is 1. The van der Waals surface area contributed by atoms with Gasteiger partial charge in [-0.1, -0.05) is 0 Å². The molecule has 2 unspecified atom stereocenters. The second-order valence-electron chi connectivity index (χ2n) is 7.78. The van der Waals surface area contributed by atoms with Gasteiger partial charge in [0.2, 0.25) is 15.9 Å². The highest BCUT2D eigenvalue weighted by Crippen LogP contribution is 2.20. The van der Waals surface area contributed by atoms with Gasteiger partial charge in [-0.25, -0.2) is 22.1 Å². The van der Waals surface area contributed by atoms with Crippen molar-refractivity contribution in [2.24, 2.45) is 0 Å². The molecular weight excluding hydrogens is 399 g/mol. The molecule has 2 atom stereocenters. The number of halogens is 1. The Morgan fingerprint density at radius 2 is 2.14 bits per heavy atom. The van der Waals surface area contributed by atoms with E-state index in [1.807, 2.05) is 19.9 Å². The molecule has 1 aliphatic rings. The van der Waals surface area contributed by atoms with Gasteiger partial charge in [0, 0.05) is 38.8 Å². The third-order valence-electron chi connectivity index (χ3n) is 4.66. The van der Waals surface area contributed by atoms with E-state index in [-0.39, 0.29) is 30.3 Å². The van der Waals surface area contributed by atoms with Crippen molar-refractivity contribution in [3.8, 4) is 6.07 Å². The number of hydrogen-bond acceptors (Lipinski definition) is 7. The summed E-state index contributed by atoms with van der Waals surface area (Å²) in [5.74, 6) is 0.175. The smallest absolute Gasteiger partial charge is 0.244 e. The van der Waals surface area contributed by atoms with Crippen molar-refractivity contribution < 1.29 is 17.6 Å². The van der Waals surface area contributed by atoms with E-state index in [1.54, 1.807) is 6.07 Å². The minimum absolute atomic E-state index is 0.0208. The molecule has 0 bridgehead atoms. The molecule has 1 aliphatic heterocycles. The lowest BCUT2D eigenvalue weighted by atomic mass is 10.1. The minimum Gasteiger partial charge on any atom is -0.368 e.